The van der Waals surface area contributed by atoms with E-state index in [-0.39, 0.29) is 0 Å². The van der Waals surface area contributed by atoms with E-state index in [2.05, 4.69) is 155 Å². The van der Waals surface area contributed by atoms with E-state index in [4.69, 9.17) is 19.4 Å². The van der Waals surface area contributed by atoms with Crippen LogP contribution in [0.4, 0.5) is 0 Å². The quantitative estimate of drug-likeness (QED) is 0.168. The number of aromatic nitrogens is 5. The second kappa shape index (κ2) is 14.0. The summed E-state index contributed by atoms with van der Waals surface area (Å²) in [6, 6.07) is 74.3. The van der Waals surface area contributed by atoms with E-state index in [9.17, 15) is 0 Å². The van der Waals surface area contributed by atoms with Crippen LogP contribution in [-0.2, 0) is 0 Å². The number of rotatable bonds is 6. The molecular weight excluding hydrogens is 771 g/mol. The molecule has 0 amide bonds. The van der Waals surface area contributed by atoms with E-state index in [1.165, 1.54) is 32.6 Å². The molecule has 9 aromatic carbocycles. The smallest absolute Gasteiger partial charge is 0.164 e. The van der Waals surface area contributed by atoms with Gasteiger partial charge in [-0.05, 0) is 65.7 Å². The van der Waals surface area contributed by atoms with Crippen molar-refractivity contribution in [3.63, 3.8) is 0 Å². The summed E-state index contributed by atoms with van der Waals surface area (Å²) in [5, 5.41) is 6.67. The van der Waals surface area contributed by atoms with Crippen LogP contribution < -0.4 is 0 Å². The summed E-state index contributed by atoms with van der Waals surface area (Å²) in [6.45, 7) is 0. The highest BCUT2D eigenvalue weighted by molar-refractivity contribution is 6.20. The van der Waals surface area contributed by atoms with Crippen LogP contribution in [0.5, 0.6) is 0 Å². The molecule has 0 unspecified atom stereocenters. The van der Waals surface area contributed by atoms with Crippen LogP contribution in [0.1, 0.15) is 0 Å². The van der Waals surface area contributed by atoms with Gasteiger partial charge in [0.1, 0.15) is 5.58 Å². The van der Waals surface area contributed by atoms with Crippen molar-refractivity contribution in [3.05, 3.63) is 212 Å². The number of furan rings is 1. The van der Waals surface area contributed by atoms with Crippen molar-refractivity contribution in [2.45, 2.75) is 0 Å². The van der Waals surface area contributed by atoms with Crippen molar-refractivity contribution in [2.75, 3.05) is 0 Å². The van der Waals surface area contributed by atoms with E-state index in [1.807, 2.05) is 66.7 Å². The third-order valence-corrected chi connectivity index (χ3v) is 12.3. The first-order valence-corrected chi connectivity index (χ1v) is 21.2. The minimum atomic E-state index is 0.577. The average molecular weight is 806 g/mol. The molecule has 0 saturated heterocycles. The highest BCUT2D eigenvalue weighted by atomic mass is 16.3. The van der Waals surface area contributed by atoms with Gasteiger partial charge in [-0.15, -0.1) is 0 Å². The second-order valence-electron chi connectivity index (χ2n) is 16.0. The number of para-hydroxylation sites is 4. The standard InChI is InChI=1S/C57H35N5O/c1-5-18-36(19-6-1)39-32-46(57-59-55(37-20-7-2-8-21-37)58-56(60-57)38-22-9-3-10-23-38)53-43-28-17-31-49(54(43)63-52(53)33-39)62-48-30-16-14-27-42(48)45-34-50-44(35-51(45)62)41-26-13-15-29-47(41)61(50)40-24-11-4-12-25-40/h1-35H. The number of nitrogens with zero attached hydrogens (tertiary/aromatic N) is 5. The summed E-state index contributed by atoms with van der Waals surface area (Å²) >= 11 is 0. The molecule has 4 aromatic heterocycles. The predicted molar refractivity (Wildman–Crippen MR) is 258 cm³/mol. The Morgan fingerprint density at radius 3 is 1.44 bits per heavy atom. The summed E-state index contributed by atoms with van der Waals surface area (Å²) < 4.78 is 11.9. The molecule has 13 aromatic rings. The third-order valence-electron chi connectivity index (χ3n) is 12.3. The second-order valence-corrected chi connectivity index (χ2v) is 16.0. The zero-order chi connectivity index (χ0) is 41.4. The number of hydrogen-bond donors (Lipinski definition) is 0. The van der Waals surface area contributed by atoms with Gasteiger partial charge >= 0.3 is 0 Å². The Morgan fingerprint density at radius 2 is 0.825 bits per heavy atom. The normalized spacial score (nSPS) is 11.8. The summed E-state index contributed by atoms with van der Waals surface area (Å²) in [6.07, 6.45) is 0. The zero-order valence-corrected chi connectivity index (χ0v) is 33.9. The Bertz CT molecular complexity index is 3830. The third kappa shape index (κ3) is 5.55. The molecule has 0 spiro atoms. The van der Waals surface area contributed by atoms with Crippen molar-refractivity contribution < 1.29 is 4.42 Å². The van der Waals surface area contributed by atoms with E-state index >= 15 is 0 Å². The van der Waals surface area contributed by atoms with Crippen LogP contribution in [-0.4, -0.2) is 24.1 Å². The highest BCUT2D eigenvalue weighted by Crippen LogP contribution is 2.44. The van der Waals surface area contributed by atoms with Crippen LogP contribution in [0.25, 0.3) is 122 Å². The Morgan fingerprint density at radius 1 is 0.333 bits per heavy atom. The molecule has 294 valence electrons. The van der Waals surface area contributed by atoms with Crippen molar-refractivity contribution >= 4 is 65.6 Å². The first-order valence-electron chi connectivity index (χ1n) is 21.2. The Balaban J connectivity index is 1.11. The van der Waals surface area contributed by atoms with Gasteiger partial charge in [-0.3, -0.25) is 0 Å². The number of benzene rings is 9. The lowest BCUT2D eigenvalue weighted by molar-refractivity contribution is 0.666. The molecule has 0 N–H and O–H groups in total. The van der Waals surface area contributed by atoms with Crippen molar-refractivity contribution in [1.29, 1.82) is 0 Å². The average Bonchev–Trinajstić information content (AvgIpc) is 4.01. The van der Waals surface area contributed by atoms with Gasteiger partial charge in [0.2, 0.25) is 0 Å². The lowest BCUT2D eigenvalue weighted by atomic mass is 9.98. The SMILES string of the molecule is c1ccc(-c2cc(-c3nc(-c4ccccc4)nc(-c4ccccc4)n3)c3c(c2)oc2c(-n4c5ccccc5c5cc6c(cc54)c4ccccc4n6-c4ccccc4)cccc23)cc1. The van der Waals surface area contributed by atoms with Crippen molar-refractivity contribution in [1.82, 2.24) is 24.1 Å². The van der Waals surface area contributed by atoms with Crippen LogP contribution in [0.3, 0.4) is 0 Å². The molecule has 0 aliphatic heterocycles. The Labute approximate surface area is 361 Å². The van der Waals surface area contributed by atoms with Gasteiger partial charge in [-0.25, -0.2) is 15.0 Å². The molecule has 0 aliphatic rings. The summed E-state index contributed by atoms with van der Waals surface area (Å²) in [5.41, 5.74) is 13.0. The molecule has 0 aliphatic carbocycles. The zero-order valence-electron chi connectivity index (χ0n) is 33.9. The van der Waals surface area contributed by atoms with Gasteiger partial charge in [0, 0.05) is 54.7 Å². The molecule has 0 bridgehead atoms. The van der Waals surface area contributed by atoms with Gasteiger partial charge in [0.05, 0.1) is 27.8 Å². The van der Waals surface area contributed by atoms with E-state index in [0.717, 1.165) is 72.2 Å². The van der Waals surface area contributed by atoms with E-state index < -0.39 is 0 Å². The fourth-order valence-electron chi connectivity index (χ4n) is 9.54. The van der Waals surface area contributed by atoms with E-state index in [1.54, 1.807) is 0 Å². The van der Waals surface area contributed by atoms with Crippen molar-refractivity contribution in [3.8, 4) is 56.7 Å². The Hall–Kier alpha value is -8.61. The maximum absolute atomic E-state index is 7.18. The van der Waals surface area contributed by atoms with Crippen LogP contribution >= 0.6 is 0 Å². The molecule has 63 heavy (non-hydrogen) atoms. The molecule has 0 fully saturated rings. The van der Waals surface area contributed by atoms with Crippen LogP contribution in [0.2, 0.25) is 0 Å². The molecule has 0 radical (unpaired) electrons. The monoisotopic (exact) mass is 805 g/mol. The largest absolute Gasteiger partial charge is 0.454 e. The first-order chi connectivity index (χ1) is 31.2. The minimum absolute atomic E-state index is 0.577. The lowest BCUT2D eigenvalue weighted by Gasteiger charge is -2.11. The minimum Gasteiger partial charge on any atom is -0.454 e. The molecular formula is C57H35N5O. The Kier molecular flexibility index (Phi) is 7.80. The van der Waals surface area contributed by atoms with Gasteiger partial charge in [-0.2, -0.15) is 0 Å². The molecule has 0 atom stereocenters. The van der Waals surface area contributed by atoms with Gasteiger partial charge in [0.25, 0.3) is 0 Å². The summed E-state index contributed by atoms with van der Waals surface area (Å²) in [5.74, 6) is 1.79. The number of hydrogen-bond acceptors (Lipinski definition) is 4. The van der Waals surface area contributed by atoms with E-state index in [0.29, 0.717) is 17.5 Å². The summed E-state index contributed by atoms with van der Waals surface area (Å²) in [7, 11) is 0. The molecule has 6 heteroatoms. The molecule has 13 rings (SSSR count). The topological polar surface area (TPSA) is 61.7 Å². The molecule has 6 nitrogen and oxygen atoms in total. The first kappa shape index (κ1) is 35.2. The van der Waals surface area contributed by atoms with Gasteiger partial charge < -0.3 is 13.6 Å². The predicted octanol–water partition coefficient (Wildman–Crippen LogP) is 14.6. The molecule has 4 heterocycles. The fourth-order valence-corrected chi connectivity index (χ4v) is 9.54. The number of fused-ring (bicyclic) bond motifs is 9. The van der Waals surface area contributed by atoms with Gasteiger partial charge in [-0.1, -0.05) is 158 Å². The highest BCUT2D eigenvalue weighted by Gasteiger charge is 2.24. The fraction of sp³-hybridized carbons (Fsp3) is 0. The van der Waals surface area contributed by atoms with Crippen molar-refractivity contribution in [2.24, 2.45) is 0 Å². The van der Waals surface area contributed by atoms with Crippen LogP contribution in [0.15, 0.2) is 217 Å². The maximum Gasteiger partial charge on any atom is 0.164 e. The maximum atomic E-state index is 7.18. The van der Waals surface area contributed by atoms with Crippen LogP contribution in [0, 0.1) is 0 Å². The summed E-state index contributed by atoms with van der Waals surface area (Å²) in [4.78, 5) is 15.5. The molecule has 0 saturated carbocycles. The lowest BCUT2D eigenvalue weighted by Crippen LogP contribution is -2.00. The van der Waals surface area contributed by atoms with Gasteiger partial charge in [0.15, 0.2) is 23.1 Å².